The number of carboxylic acids is 1. The van der Waals surface area contributed by atoms with Crippen LogP contribution in [0.3, 0.4) is 0 Å². The fourth-order valence-corrected chi connectivity index (χ4v) is 2.10. The predicted octanol–water partition coefficient (Wildman–Crippen LogP) is 2.38. The number of hydrogen-bond acceptors (Lipinski definition) is 4. The first kappa shape index (κ1) is 16.0. The summed E-state index contributed by atoms with van der Waals surface area (Å²) in [5.74, 6) is -1.28. The molecule has 5 nitrogen and oxygen atoms in total. The number of ether oxygens (including phenoxy) is 2. The van der Waals surface area contributed by atoms with Crippen LogP contribution in [0.15, 0.2) is 0 Å². The van der Waals surface area contributed by atoms with Gasteiger partial charge >= 0.3 is 11.9 Å². The van der Waals surface area contributed by atoms with Crippen molar-refractivity contribution in [1.82, 2.24) is 0 Å². The molecule has 0 aromatic rings. The average Bonchev–Trinajstić information content (AvgIpc) is 2.41. The Morgan fingerprint density at radius 3 is 2.47 bits per heavy atom. The third-order valence-electron chi connectivity index (χ3n) is 3.24. The van der Waals surface area contributed by atoms with Gasteiger partial charge in [0.25, 0.3) is 0 Å². The highest BCUT2D eigenvalue weighted by atomic mass is 16.5. The molecule has 0 bridgehead atoms. The summed E-state index contributed by atoms with van der Waals surface area (Å²) in [5, 5.41) is 8.44. The van der Waals surface area contributed by atoms with E-state index in [1.54, 1.807) is 0 Å². The summed E-state index contributed by atoms with van der Waals surface area (Å²) >= 11 is 0. The van der Waals surface area contributed by atoms with Gasteiger partial charge in [0.1, 0.15) is 0 Å². The molecule has 1 aliphatic carbocycles. The van der Waals surface area contributed by atoms with Crippen molar-refractivity contribution >= 4 is 11.9 Å². The SMILES string of the molecule is CC(COC(=O)CCC(=O)O)COC1CCCCC1. The second-order valence-electron chi connectivity index (χ2n) is 5.28. The molecule has 110 valence electrons. The predicted molar refractivity (Wildman–Crippen MR) is 69.8 cm³/mol. The topological polar surface area (TPSA) is 72.8 Å². The summed E-state index contributed by atoms with van der Waals surface area (Å²) in [5.41, 5.74) is 0. The molecule has 1 aliphatic rings. The van der Waals surface area contributed by atoms with E-state index < -0.39 is 11.9 Å². The highest BCUT2D eigenvalue weighted by molar-refractivity contribution is 5.76. The van der Waals surface area contributed by atoms with E-state index in [1.165, 1.54) is 19.3 Å². The van der Waals surface area contributed by atoms with Crippen LogP contribution in [-0.4, -0.2) is 36.4 Å². The molecule has 0 amide bonds. The largest absolute Gasteiger partial charge is 0.481 e. The lowest BCUT2D eigenvalue weighted by Gasteiger charge is -2.23. The van der Waals surface area contributed by atoms with Gasteiger partial charge in [0, 0.05) is 5.92 Å². The van der Waals surface area contributed by atoms with E-state index >= 15 is 0 Å². The van der Waals surface area contributed by atoms with E-state index in [9.17, 15) is 9.59 Å². The van der Waals surface area contributed by atoms with Gasteiger partial charge in [-0.15, -0.1) is 0 Å². The zero-order valence-electron chi connectivity index (χ0n) is 11.6. The van der Waals surface area contributed by atoms with Gasteiger partial charge in [-0.2, -0.15) is 0 Å². The molecule has 0 saturated heterocycles. The monoisotopic (exact) mass is 272 g/mol. The average molecular weight is 272 g/mol. The highest BCUT2D eigenvalue weighted by Crippen LogP contribution is 2.20. The smallest absolute Gasteiger partial charge is 0.306 e. The fraction of sp³-hybridized carbons (Fsp3) is 0.857. The summed E-state index contributed by atoms with van der Waals surface area (Å²) in [6.45, 7) is 2.86. The van der Waals surface area contributed by atoms with Crippen LogP contribution < -0.4 is 0 Å². The Morgan fingerprint density at radius 2 is 1.84 bits per heavy atom. The Bertz CT molecular complexity index is 284. The molecular formula is C14H24O5. The van der Waals surface area contributed by atoms with Gasteiger partial charge in [-0.3, -0.25) is 9.59 Å². The number of hydrogen-bond donors (Lipinski definition) is 1. The summed E-state index contributed by atoms with van der Waals surface area (Å²) in [6, 6.07) is 0. The Labute approximate surface area is 114 Å². The molecule has 0 aromatic heterocycles. The molecule has 0 heterocycles. The lowest BCUT2D eigenvalue weighted by atomic mass is 9.98. The van der Waals surface area contributed by atoms with Crippen molar-refractivity contribution in [2.24, 2.45) is 5.92 Å². The van der Waals surface area contributed by atoms with Crippen LogP contribution >= 0.6 is 0 Å². The summed E-state index contributed by atoms with van der Waals surface area (Å²) < 4.78 is 10.8. The van der Waals surface area contributed by atoms with E-state index in [1.807, 2.05) is 6.92 Å². The number of carbonyl (C=O) groups excluding carboxylic acids is 1. The van der Waals surface area contributed by atoms with Crippen molar-refractivity contribution in [3.8, 4) is 0 Å². The molecule has 1 fully saturated rings. The minimum absolute atomic E-state index is 0.0640. The molecule has 5 heteroatoms. The summed E-state index contributed by atoms with van der Waals surface area (Å²) in [4.78, 5) is 21.5. The van der Waals surface area contributed by atoms with Crippen LogP contribution in [0.25, 0.3) is 0 Å². The van der Waals surface area contributed by atoms with Gasteiger partial charge in [0.2, 0.25) is 0 Å². The Hall–Kier alpha value is -1.10. The van der Waals surface area contributed by atoms with Crippen molar-refractivity contribution in [1.29, 1.82) is 0 Å². The molecule has 0 spiro atoms. The maximum Gasteiger partial charge on any atom is 0.306 e. The van der Waals surface area contributed by atoms with E-state index in [0.29, 0.717) is 19.3 Å². The van der Waals surface area contributed by atoms with E-state index in [-0.39, 0.29) is 18.8 Å². The lowest BCUT2D eigenvalue weighted by molar-refractivity contribution is -0.149. The quantitative estimate of drug-likeness (QED) is 0.687. The normalized spacial score (nSPS) is 17.9. The van der Waals surface area contributed by atoms with Gasteiger partial charge in [0.05, 0.1) is 32.2 Å². The maximum absolute atomic E-state index is 11.2. The standard InChI is InChI=1S/C14H24O5/c1-11(9-18-12-5-3-2-4-6-12)10-19-14(17)8-7-13(15)16/h11-12H,2-10H2,1H3,(H,15,16). The van der Waals surface area contributed by atoms with Gasteiger partial charge in [0.15, 0.2) is 0 Å². The Morgan fingerprint density at radius 1 is 1.16 bits per heavy atom. The van der Waals surface area contributed by atoms with Gasteiger partial charge in [-0.05, 0) is 12.8 Å². The van der Waals surface area contributed by atoms with Crippen molar-refractivity contribution in [3.05, 3.63) is 0 Å². The number of carbonyl (C=O) groups is 2. The molecular weight excluding hydrogens is 248 g/mol. The molecule has 0 aromatic carbocycles. The zero-order valence-corrected chi connectivity index (χ0v) is 11.6. The summed E-state index contributed by atoms with van der Waals surface area (Å²) in [7, 11) is 0. The third-order valence-corrected chi connectivity index (χ3v) is 3.24. The van der Waals surface area contributed by atoms with Crippen molar-refractivity contribution in [2.45, 2.75) is 58.0 Å². The first-order valence-corrected chi connectivity index (χ1v) is 7.07. The van der Waals surface area contributed by atoms with Crippen LogP contribution in [0, 0.1) is 5.92 Å². The molecule has 0 radical (unpaired) electrons. The first-order valence-electron chi connectivity index (χ1n) is 7.07. The van der Waals surface area contributed by atoms with E-state index in [0.717, 1.165) is 12.8 Å². The number of aliphatic carboxylic acids is 1. The van der Waals surface area contributed by atoms with Crippen LogP contribution in [0.5, 0.6) is 0 Å². The lowest BCUT2D eigenvalue weighted by Crippen LogP contribution is -2.22. The number of esters is 1. The molecule has 19 heavy (non-hydrogen) atoms. The first-order chi connectivity index (χ1) is 9.08. The van der Waals surface area contributed by atoms with Crippen LogP contribution in [-0.2, 0) is 19.1 Å². The van der Waals surface area contributed by atoms with Crippen molar-refractivity contribution in [2.75, 3.05) is 13.2 Å². The van der Waals surface area contributed by atoms with Gasteiger partial charge < -0.3 is 14.6 Å². The third kappa shape index (κ3) is 7.82. The molecule has 1 N–H and O–H groups in total. The molecule has 1 atom stereocenters. The molecule has 0 aliphatic heterocycles. The minimum atomic E-state index is -0.981. The van der Waals surface area contributed by atoms with Gasteiger partial charge in [-0.1, -0.05) is 26.2 Å². The summed E-state index contributed by atoms with van der Waals surface area (Å²) in [6.07, 6.45) is 6.16. The minimum Gasteiger partial charge on any atom is -0.481 e. The van der Waals surface area contributed by atoms with Gasteiger partial charge in [-0.25, -0.2) is 0 Å². The second-order valence-corrected chi connectivity index (χ2v) is 5.28. The van der Waals surface area contributed by atoms with Crippen LogP contribution in [0.1, 0.15) is 51.9 Å². The highest BCUT2D eigenvalue weighted by Gasteiger charge is 2.15. The zero-order chi connectivity index (χ0) is 14.1. The fourth-order valence-electron chi connectivity index (χ4n) is 2.10. The Balaban J connectivity index is 2.04. The van der Waals surface area contributed by atoms with Crippen LogP contribution in [0.2, 0.25) is 0 Å². The second kappa shape index (κ2) is 8.91. The van der Waals surface area contributed by atoms with Crippen molar-refractivity contribution in [3.63, 3.8) is 0 Å². The van der Waals surface area contributed by atoms with E-state index in [4.69, 9.17) is 14.6 Å². The maximum atomic E-state index is 11.2. The number of rotatable bonds is 8. The van der Waals surface area contributed by atoms with E-state index in [2.05, 4.69) is 0 Å². The number of carboxylic acid groups (broad SMARTS) is 1. The van der Waals surface area contributed by atoms with Crippen LogP contribution in [0.4, 0.5) is 0 Å². The molecule has 1 saturated carbocycles. The molecule has 1 unspecified atom stereocenters. The Kier molecular flexibility index (Phi) is 7.48. The van der Waals surface area contributed by atoms with Crippen molar-refractivity contribution < 1.29 is 24.2 Å². The molecule has 1 rings (SSSR count).